The van der Waals surface area contributed by atoms with Gasteiger partial charge < -0.3 is 4.90 Å². The molecule has 0 saturated heterocycles. The van der Waals surface area contributed by atoms with Crippen LogP contribution < -0.4 is 4.90 Å². The van der Waals surface area contributed by atoms with Gasteiger partial charge in [0.05, 0.1) is 0 Å². The SMILES string of the molecule is CCN(C(=O)c1ccc(F)c(S)c1)c1ccc(F)cc1. The van der Waals surface area contributed by atoms with Gasteiger partial charge in [-0.2, -0.15) is 0 Å². The van der Waals surface area contributed by atoms with Gasteiger partial charge in [0.15, 0.2) is 0 Å². The van der Waals surface area contributed by atoms with Crippen molar-refractivity contribution in [1.82, 2.24) is 0 Å². The van der Waals surface area contributed by atoms with E-state index < -0.39 is 5.82 Å². The van der Waals surface area contributed by atoms with Gasteiger partial charge >= 0.3 is 0 Å². The zero-order valence-electron chi connectivity index (χ0n) is 10.8. The van der Waals surface area contributed by atoms with Gasteiger partial charge in [0.2, 0.25) is 0 Å². The number of thiol groups is 1. The Kier molecular flexibility index (Phi) is 4.39. The van der Waals surface area contributed by atoms with E-state index in [9.17, 15) is 13.6 Å². The number of nitrogens with zero attached hydrogens (tertiary/aromatic N) is 1. The van der Waals surface area contributed by atoms with Crippen molar-refractivity contribution in [2.45, 2.75) is 11.8 Å². The summed E-state index contributed by atoms with van der Waals surface area (Å²) in [5, 5.41) is 0. The summed E-state index contributed by atoms with van der Waals surface area (Å²) in [6, 6.07) is 9.63. The topological polar surface area (TPSA) is 20.3 Å². The number of hydrogen-bond acceptors (Lipinski definition) is 2. The van der Waals surface area contributed by atoms with E-state index in [1.54, 1.807) is 0 Å². The van der Waals surface area contributed by atoms with Gasteiger partial charge in [-0.25, -0.2) is 8.78 Å². The lowest BCUT2D eigenvalue weighted by Crippen LogP contribution is -2.30. The molecule has 0 fully saturated rings. The summed E-state index contributed by atoms with van der Waals surface area (Å²) in [6.45, 7) is 2.23. The number of amides is 1. The average Bonchev–Trinajstić information content (AvgIpc) is 2.44. The fraction of sp³-hybridized carbons (Fsp3) is 0.133. The third kappa shape index (κ3) is 2.99. The number of carbonyl (C=O) groups is 1. The van der Waals surface area contributed by atoms with Crippen molar-refractivity contribution >= 4 is 24.2 Å². The van der Waals surface area contributed by atoms with E-state index >= 15 is 0 Å². The van der Waals surface area contributed by atoms with Crippen LogP contribution in [0.25, 0.3) is 0 Å². The van der Waals surface area contributed by atoms with Crippen LogP contribution in [0.5, 0.6) is 0 Å². The Bertz CT molecular complexity index is 628. The maximum Gasteiger partial charge on any atom is 0.258 e. The normalized spacial score (nSPS) is 10.4. The van der Waals surface area contributed by atoms with E-state index in [4.69, 9.17) is 0 Å². The Morgan fingerprint density at radius 1 is 1.15 bits per heavy atom. The van der Waals surface area contributed by atoms with Crippen molar-refractivity contribution in [2.24, 2.45) is 0 Å². The van der Waals surface area contributed by atoms with Crippen molar-refractivity contribution < 1.29 is 13.6 Å². The highest BCUT2D eigenvalue weighted by atomic mass is 32.1. The van der Waals surface area contributed by atoms with E-state index in [-0.39, 0.29) is 16.6 Å². The molecule has 0 N–H and O–H groups in total. The third-order valence-corrected chi connectivity index (χ3v) is 3.24. The molecule has 2 aromatic rings. The summed E-state index contributed by atoms with van der Waals surface area (Å²) >= 11 is 3.97. The molecule has 0 aromatic heterocycles. The first-order chi connectivity index (χ1) is 9.52. The number of hydrogen-bond donors (Lipinski definition) is 1. The summed E-state index contributed by atoms with van der Waals surface area (Å²) in [5.74, 6) is -1.12. The van der Waals surface area contributed by atoms with Crippen LogP contribution in [0.15, 0.2) is 47.4 Å². The minimum absolute atomic E-state index is 0.117. The molecule has 0 saturated carbocycles. The first kappa shape index (κ1) is 14.5. The molecule has 0 atom stereocenters. The number of halogens is 2. The summed E-state index contributed by atoms with van der Waals surface area (Å²) < 4.78 is 26.1. The second-order valence-electron chi connectivity index (χ2n) is 4.19. The van der Waals surface area contributed by atoms with Crippen LogP contribution >= 0.6 is 12.6 Å². The van der Waals surface area contributed by atoms with Crippen LogP contribution in [-0.4, -0.2) is 12.5 Å². The molecule has 0 radical (unpaired) electrons. The maximum absolute atomic E-state index is 13.2. The second-order valence-corrected chi connectivity index (χ2v) is 4.67. The third-order valence-electron chi connectivity index (χ3n) is 2.89. The first-order valence-electron chi connectivity index (χ1n) is 6.09. The van der Waals surface area contributed by atoms with Crippen molar-refractivity contribution in [1.29, 1.82) is 0 Å². The van der Waals surface area contributed by atoms with Crippen molar-refractivity contribution in [3.8, 4) is 0 Å². The summed E-state index contributed by atoms with van der Waals surface area (Å²) in [6.07, 6.45) is 0. The number of carbonyl (C=O) groups excluding carboxylic acids is 1. The molecule has 0 aliphatic rings. The predicted octanol–water partition coefficient (Wildman–Crippen LogP) is 3.92. The highest BCUT2D eigenvalue weighted by Crippen LogP contribution is 2.20. The van der Waals surface area contributed by atoms with Crippen LogP contribution in [0.2, 0.25) is 0 Å². The number of anilines is 1. The molecular formula is C15H13F2NOS. The lowest BCUT2D eigenvalue weighted by molar-refractivity contribution is 0.0988. The van der Waals surface area contributed by atoms with E-state index in [1.807, 2.05) is 6.92 Å². The van der Waals surface area contributed by atoms with Crippen molar-refractivity contribution in [3.05, 3.63) is 59.7 Å². The van der Waals surface area contributed by atoms with Gasteiger partial charge in [-0.05, 0) is 49.4 Å². The van der Waals surface area contributed by atoms with Gasteiger partial charge in [-0.3, -0.25) is 4.79 Å². The van der Waals surface area contributed by atoms with Crippen molar-refractivity contribution in [3.63, 3.8) is 0 Å². The summed E-state index contributed by atoms with van der Waals surface area (Å²) in [4.78, 5) is 14.0. The fourth-order valence-corrected chi connectivity index (χ4v) is 2.08. The molecule has 0 aliphatic carbocycles. The quantitative estimate of drug-likeness (QED) is 0.850. The molecule has 2 aromatic carbocycles. The fourth-order valence-electron chi connectivity index (χ4n) is 1.87. The first-order valence-corrected chi connectivity index (χ1v) is 6.53. The van der Waals surface area contributed by atoms with Crippen LogP contribution in [0.4, 0.5) is 14.5 Å². The van der Waals surface area contributed by atoms with E-state index in [1.165, 1.54) is 47.4 Å². The molecule has 0 unspecified atom stereocenters. The van der Waals surface area contributed by atoms with Gasteiger partial charge in [-0.1, -0.05) is 0 Å². The smallest absolute Gasteiger partial charge is 0.258 e. The molecule has 2 nitrogen and oxygen atoms in total. The predicted molar refractivity (Wildman–Crippen MR) is 77.4 cm³/mol. The molecule has 0 aliphatic heterocycles. The lowest BCUT2D eigenvalue weighted by Gasteiger charge is -2.21. The minimum atomic E-state index is -0.477. The lowest BCUT2D eigenvalue weighted by atomic mass is 10.1. The van der Waals surface area contributed by atoms with Crippen molar-refractivity contribution in [2.75, 3.05) is 11.4 Å². The Hall–Kier alpha value is -1.88. The Balaban J connectivity index is 2.33. The van der Waals surface area contributed by atoms with E-state index in [2.05, 4.69) is 12.6 Å². The monoisotopic (exact) mass is 293 g/mol. The Morgan fingerprint density at radius 2 is 1.80 bits per heavy atom. The van der Waals surface area contributed by atoms with Crippen LogP contribution in [0, 0.1) is 11.6 Å². The number of rotatable bonds is 3. The molecule has 0 spiro atoms. The molecule has 0 heterocycles. The molecule has 104 valence electrons. The molecule has 0 bridgehead atoms. The molecule has 20 heavy (non-hydrogen) atoms. The average molecular weight is 293 g/mol. The van der Waals surface area contributed by atoms with Crippen LogP contribution in [0.3, 0.4) is 0 Å². The molecular weight excluding hydrogens is 280 g/mol. The number of benzene rings is 2. The van der Waals surface area contributed by atoms with Crippen LogP contribution in [-0.2, 0) is 0 Å². The van der Waals surface area contributed by atoms with E-state index in [0.717, 1.165) is 0 Å². The van der Waals surface area contributed by atoms with Gasteiger partial charge in [0.1, 0.15) is 11.6 Å². The Labute approximate surface area is 121 Å². The molecule has 2 rings (SSSR count). The molecule has 5 heteroatoms. The summed E-state index contributed by atoms with van der Waals surface area (Å²) in [5.41, 5.74) is 0.923. The Morgan fingerprint density at radius 3 is 2.35 bits per heavy atom. The summed E-state index contributed by atoms with van der Waals surface area (Å²) in [7, 11) is 0. The zero-order chi connectivity index (χ0) is 14.7. The highest BCUT2D eigenvalue weighted by molar-refractivity contribution is 7.80. The van der Waals surface area contributed by atoms with Gasteiger partial charge in [0, 0.05) is 22.7 Å². The standard InChI is InChI=1S/C15H13F2NOS/c1-2-18(12-6-4-11(16)5-7-12)15(19)10-3-8-13(17)14(20)9-10/h3-9,20H,2H2,1H3. The maximum atomic E-state index is 13.2. The highest BCUT2D eigenvalue weighted by Gasteiger charge is 2.17. The van der Waals surface area contributed by atoms with Gasteiger partial charge in [0.25, 0.3) is 5.91 Å². The largest absolute Gasteiger partial charge is 0.309 e. The van der Waals surface area contributed by atoms with E-state index in [0.29, 0.717) is 17.8 Å². The second kappa shape index (κ2) is 6.05. The molecule has 1 amide bonds. The zero-order valence-corrected chi connectivity index (χ0v) is 11.7. The van der Waals surface area contributed by atoms with Crippen LogP contribution in [0.1, 0.15) is 17.3 Å². The van der Waals surface area contributed by atoms with Gasteiger partial charge in [-0.15, -0.1) is 12.6 Å². The minimum Gasteiger partial charge on any atom is -0.309 e.